The fourth-order valence-electron chi connectivity index (χ4n) is 1.02. The number of hydrogen-bond donors (Lipinski definition) is 0. The number of benzene rings is 1. The zero-order valence-corrected chi connectivity index (χ0v) is 10.6. The van der Waals surface area contributed by atoms with Crippen molar-refractivity contribution in [3.8, 4) is 29.2 Å². The van der Waals surface area contributed by atoms with E-state index in [0.29, 0.717) is 0 Å². The van der Waals surface area contributed by atoms with E-state index in [1.165, 1.54) is 0 Å². The van der Waals surface area contributed by atoms with E-state index in [1.54, 1.807) is 7.11 Å². The van der Waals surface area contributed by atoms with Crippen LogP contribution in [-0.4, -0.2) is 15.2 Å². The Balaban J connectivity index is 2.93. The van der Waals surface area contributed by atoms with Crippen molar-refractivity contribution in [1.29, 1.82) is 0 Å². The van der Waals surface area contributed by atoms with Crippen LogP contribution in [0.25, 0.3) is 0 Å². The van der Waals surface area contributed by atoms with Crippen LogP contribution in [0.4, 0.5) is 0 Å². The summed E-state index contributed by atoms with van der Waals surface area (Å²) in [4.78, 5) is 0. The molecule has 1 unspecified atom stereocenters. The van der Waals surface area contributed by atoms with Gasteiger partial charge in [-0.25, -0.2) is 0 Å². The molecule has 0 aliphatic heterocycles. The quantitative estimate of drug-likeness (QED) is 0.556. The Labute approximate surface area is 98.2 Å². The van der Waals surface area contributed by atoms with Crippen molar-refractivity contribution < 1.29 is 4.74 Å². The minimum Gasteiger partial charge on any atom is -0.497 e. The molecule has 0 aliphatic rings. The van der Waals surface area contributed by atoms with E-state index in [1.807, 2.05) is 36.5 Å². The van der Waals surface area contributed by atoms with Gasteiger partial charge in [-0.2, -0.15) is 0 Å². The van der Waals surface area contributed by atoms with Crippen molar-refractivity contribution in [3.63, 3.8) is 0 Å². The van der Waals surface area contributed by atoms with Gasteiger partial charge in [0.15, 0.2) is 0 Å². The molecule has 1 nitrogen and oxygen atoms in total. The van der Waals surface area contributed by atoms with Gasteiger partial charge in [0.05, 0.1) is 7.11 Å². The SMILES string of the molecule is C#C[Si](C)(C#Cc1ccc(OC)cc1)C=C. The van der Waals surface area contributed by atoms with Crippen LogP contribution in [-0.2, 0) is 0 Å². The van der Waals surface area contributed by atoms with Crippen molar-refractivity contribution in [2.24, 2.45) is 0 Å². The van der Waals surface area contributed by atoms with Gasteiger partial charge in [-0.05, 0) is 30.8 Å². The summed E-state index contributed by atoms with van der Waals surface area (Å²) in [6.45, 7) is 5.74. The van der Waals surface area contributed by atoms with Gasteiger partial charge in [0.2, 0.25) is 8.07 Å². The first kappa shape index (κ1) is 12.2. The van der Waals surface area contributed by atoms with Gasteiger partial charge in [-0.1, -0.05) is 11.6 Å². The number of methoxy groups -OCH3 is 1. The molecule has 0 saturated carbocycles. The maximum Gasteiger partial charge on any atom is 0.235 e. The van der Waals surface area contributed by atoms with Gasteiger partial charge in [0.25, 0.3) is 0 Å². The first-order valence-electron chi connectivity index (χ1n) is 4.92. The summed E-state index contributed by atoms with van der Waals surface area (Å²) in [5.41, 5.74) is 8.64. The summed E-state index contributed by atoms with van der Waals surface area (Å²) in [5.74, 6) is 3.91. The Morgan fingerprint density at radius 2 is 2.00 bits per heavy atom. The van der Waals surface area contributed by atoms with Crippen molar-refractivity contribution in [1.82, 2.24) is 0 Å². The summed E-state index contributed by atoms with van der Waals surface area (Å²) < 4.78 is 5.07. The standard InChI is InChI=1S/C14H14OSi/c1-5-16(4,6-2)12-11-13-7-9-14(15-3)10-8-13/h1,6-10H,2H2,3-4H3. The van der Waals surface area contributed by atoms with Crippen LogP contribution in [0.2, 0.25) is 6.55 Å². The van der Waals surface area contributed by atoms with Crippen LogP contribution in [0.5, 0.6) is 5.75 Å². The fraction of sp³-hybridized carbons (Fsp3) is 0.143. The topological polar surface area (TPSA) is 9.23 Å². The lowest BCUT2D eigenvalue weighted by molar-refractivity contribution is 0.415. The summed E-state index contributed by atoms with van der Waals surface area (Å²) >= 11 is 0. The first-order chi connectivity index (χ1) is 7.63. The maximum absolute atomic E-state index is 5.45. The Morgan fingerprint density at radius 1 is 1.38 bits per heavy atom. The van der Waals surface area contributed by atoms with Gasteiger partial charge < -0.3 is 4.74 Å². The van der Waals surface area contributed by atoms with E-state index in [4.69, 9.17) is 11.2 Å². The molecule has 1 aromatic carbocycles. The van der Waals surface area contributed by atoms with Crippen molar-refractivity contribution in [2.45, 2.75) is 6.55 Å². The third-order valence-corrected chi connectivity index (χ3v) is 4.33. The summed E-state index contributed by atoms with van der Waals surface area (Å²) in [5, 5.41) is 0. The van der Waals surface area contributed by atoms with E-state index in [-0.39, 0.29) is 0 Å². The average Bonchev–Trinajstić information content (AvgIpc) is 2.36. The van der Waals surface area contributed by atoms with Gasteiger partial charge in [0, 0.05) is 5.56 Å². The maximum atomic E-state index is 5.45. The van der Waals surface area contributed by atoms with E-state index < -0.39 is 8.07 Å². The lowest BCUT2D eigenvalue weighted by Gasteiger charge is -2.04. The van der Waals surface area contributed by atoms with Crippen LogP contribution in [0.3, 0.4) is 0 Å². The van der Waals surface area contributed by atoms with Crippen LogP contribution in [0.15, 0.2) is 36.5 Å². The zero-order valence-electron chi connectivity index (χ0n) is 9.58. The van der Waals surface area contributed by atoms with E-state index in [0.717, 1.165) is 11.3 Å². The normalized spacial score (nSPS) is 12.6. The molecule has 0 radical (unpaired) electrons. The number of ether oxygens (including phenoxy) is 1. The summed E-state index contributed by atoms with van der Waals surface area (Å²) in [6, 6.07) is 7.60. The second-order valence-corrected chi connectivity index (χ2v) is 6.88. The van der Waals surface area contributed by atoms with Gasteiger partial charge in [-0.3, -0.25) is 0 Å². The van der Waals surface area contributed by atoms with Crippen LogP contribution >= 0.6 is 0 Å². The Kier molecular flexibility index (Phi) is 4.00. The van der Waals surface area contributed by atoms with Crippen LogP contribution < -0.4 is 4.74 Å². The number of rotatable bonds is 2. The monoisotopic (exact) mass is 226 g/mol. The highest BCUT2D eigenvalue weighted by Gasteiger charge is 2.16. The highest BCUT2D eigenvalue weighted by Crippen LogP contribution is 2.10. The van der Waals surface area contributed by atoms with Gasteiger partial charge in [0.1, 0.15) is 5.75 Å². The van der Waals surface area contributed by atoms with Crippen molar-refractivity contribution >= 4 is 8.07 Å². The molecule has 0 amide bonds. The summed E-state index contributed by atoms with van der Waals surface area (Å²) in [7, 11) is -0.363. The molecule has 1 atom stereocenters. The first-order valence-corrected chi connectivity index (χ1v) is 7.50. The van der Waals surface area contributed by atoms with Crippen molar-refractivity contribution in [2.75, 3.05) is 7.11 Å². The molecule has 16 heavy (non-hydrogen) atoms. The Hall–Kier alpha value is -1.90. The molecule has 0 fully saturated rings. The lowest BCUT2D eigenvalue weighted by atomic mass is 10.2. The molecule has 0 saturated heterocycles. The second kappa shape index (κ2) is 5.26. The average molecular weight is 226 g/mol. The predicted octanol–water partition coefficient (Wildman–Crippen LogP) is 2.56. The lowest BCUT2D eigenvalue weighted by Crippen LogP contribution is -2.22. The Morgan fingerprint density at radius 3 is 2.44 bits per heavy atom. The smallest absolute Gasteiger partial charge is 0.235 e. The number of hydrogen-bond acceptors (Lipinski definition) is 1. The molecular formula is C14H14OSi. The fourth-order valence-corrected chi connectivity index (χ4v) is 1.72. The van der Waals surface area contributed by atoms with E-state index >= 15 is 0 Å². The Bertz CT molecular complexity index is 470. The summed E-state index contributed by atoms with van der Waals surface area (Å²) in [6.07, 6.45) is 5.45. The molecule has 0 aromatic heterocycles. The largest absolute Gasteiger partial charge is 0.497 e. The minimum atomic E-state index is -2.00. The number of terminal acetylenes is 1. The van der Waals surface area contributed by atoms with Crippen LogP contribution in [0.1, 0.15) is 5.56 Å². The third kappa shape index (κ3) is 3.05. The van der Waals surface area contributed by atoms with Crippen LogP contribution in [0, 0.1) is 23.4 Å². The molecule has 0 spiro atoms. The van der Waals surface area contributed by atoms with Gasteiger partial charge in [-0.15, -0.1) is 24.1 Å². The molecule has 80 valence electrons. The molecular weight excluding hydrogens is 212 g/mol. The molecule has 0 bridgehead atoms. The highest BCUT2D eigenvalue weighted by molar-refractivity contribution is 6.97. The minimum absolute atomic E-state index is 0.825. The van der Waals surface area contributed by atoms with Crippen molar-refractivity contribution in [3.05, 3.63) is 42.1 Å². The van der Waals surface area contributed by atoms with E-state index in [9.17, 15) is 0 Å². The second-order valence-electron chi connectivity index (χ2n) is 3.53. The van der Waals surface area contributed by atoms with E-state index in [2.05, 4.69) is 23.6 Å². The molecule has 0 heterocycles. The molecule has 1 rings (SSSR count). The zero-order chi connectivity index (χ0) is 12.0. The highest BCUT2D eigenvalue weighted by atomic mass is 28.3. The molecule has 0 N–H and O–H groups in total. The molecule has 0 aliphatic carbocycles. The predicted molar refractivity (Wildman–Crippen MR) is 70.5 cm³/mol. The molecule has 2 heteroatoms. The molecule has 1 aromatic rings. The third-order valence-electron chi connectivity index (χ3n) is 2.26. The van der Waals surface area contributed by atoms with Gasteiger partial charge >= 0.3 is 0 Å².